The third kappa shape index (κ3) is 5.83. The topological polar surface area (TPSA) is 64.7 Å². The van der Waals surface area contributed by atoms with Gasteiger partial charge in [0, 0.05) is 32.2 Å². The van der Waals surface area contributed by atoms with Crippen molar-refractivity contribution in [2.75, 3.05) is 46.3 Å². The second-order valence-electron chi connectivity index (χ2n) is 6.32. The minimum Gasteiger partial charge on any atom is -0.314 e. The molecule has 7 heteroatoms. The lowest BCUT2D eigenvalue weighted by Crippen LogP contribution is -2.47. The van der Waals surface area contributed by atoms with E-state index in [4.69, 9.17) is 0 Å². The van der Waals surface area contributed by atoms with Crippen LogP contribution >= 0.6 is 0 Å². The molecule has 2 aliphatic rings. The lowest BCUT2D eigenvalue weighted by atomic mass is 9.98. The van der Waals surface area contributed by atoms with E-state index in [9.17, 15) is 8.42 Å². The van der Waals surface area contributed by atoms with Crippen molar-refractivity contribution in [3.63, 3.8) is 0 Å². The van der Waals surface area contributed by atoms with Gasteiger partial charge in [0.05, 0.1) is 0 Å². The molecule has 0 spiro atoms. The maximum absolute atomic E-state index is 12.2. The summed E-state index contributed by atoms with van der Waals surface area (Å²) in [7, 11) is -1.30. The van der Waals surface area contributed by atoms with Gasteiger partial charge in [0.1, 0.15) is 0 Å². The normalized spacial score (nSPS) is 22.0. The van der Waals surface area contributed by atoms with Crippen molar-refractivity contribution in [2.45, 2.75) is 38.6 Å². The summed E-state index contributed by atoms with van der Waals surface area (Å²) in [5, 5.41) is 3.54. The van der Waals surface area contributed by atoms with Gasteiger partial charge in [-0.3, -0.25) is 0 Å². The highest BCUT2D eigenvalue weighted by molar-refractivity contribution is 7.87. The molecule has 0 unspecified atom stereocenters. The fourth-order valence-corrected chi connectivity index (χ4v) is 3.81. The van der Waals surface area contributed by atoms with Crippen LogP contribution in [0.2, 0.25) is 0 Å². The van der Waals surface area contributed by atoms with Crippen LogP contribution in [0.3, 0.4) is 0 Å². The van der Waals surface area contributed by atoms with E-state index in [0.717, 1.165) is 38.5 Å². The Morgan fingerprint density at radius 2 is 1.86 bits per heavy atom. The summed E-state index contributed by atoms with van der Waals surface area (Å²) in [4.78, 5) is 2.10. The first-order valence-corrected chi connectivity index (χ1v) is 9.62. The summed E-state index contributed by atoms with van der Waals surface area (Å²) in [5.74, 6) is 0.628. The van der Waals surface area contributed by atoms with Gasteiger partial charge in [0.2, 0.25) is 0 Å². The van der Waals surface area contributed by atoms with Crippen molar-refractivity contribution in [1.29, 1.82) is 0 Å². The standard InChI is InChI=1S/C14H30N4O2S/c1-3-17(2)11-8-16-21(19,20)18-9-6-13(7-10-18)12-15-14-4-5-14/h13-16H,3-12H2,1-2H3. The Morgan fingerprint density at radius 3 is 2.43 bits per heavy atom. The molecule has 124 valence electrons. The molecule has 0 amide bonds. The van der Waals surface area contributed by atoms with Crippen LogP contribution in [0.25, 0.3) is 0 Å². The molecule has 6 nitrogen and oxygen atoms in total. The maximum Gasteiger partial charge on any atom is 0.279 e. The van der Waals surface area contributed by atoms with Gasteiger partial charge in [-0.25, -0.2) is 4.72 Å². The zero-order valence-electron chi connectivity index (χ0n) is 13.3. The summed E-state index contributed by atoms with van der Waals surface area (Å²) in [6.45, 7) is 6.57. The predicted molar refractivity (Wildman–Crippen MR) is 85.4 cm³/mol. The van der Waals surface area contributed by atoms with E-state index in [1.54, 1.807) is 4.31 Å². The number of hydrogen-bond donors (Lipinski definition) is 2. The third-order valence-electron chi connectivity index (χ3n) is 4.50. The first kappa shape index (κ1) is 17.1. The van der Waals surface area contributed by atoms with Gasteiger partial charge < -0.3 is 10.2 Å². The Hall–Kier alpha value is -0.210. The van der Waals surface area contributed by atoms with Crippen molar-refractivity contribution in [3.8, 4) is 0 Å². The second-order valence-corrected chi connectivity index (χ2v) is 8.08. The molecular weight excluding hydrogens is 288 g/mol. The highest BCUT2D eigenvalue weighted by Crippen LogP contribution is 2.22. The quantitative estimate of drug-likeness (QED) is 0.639. The molecule has 21 heavy (non-hydrogen) atoms. The van der Waals surface area contributed by atoms with Crippen molar-refractivity contribution >= 4 is 10.2 Å². The Bertz CT molecular complexity index is 403. The fraction of sp³-hybridized carbons (Fsp3) is 1.00. The van der Waals surface area contributed by atoms with Gasteiger partial charge in [0.25, 0.3) is 10.2 Å². The molecule has 0 radical (unpaired) electrons. The lowest BCUT2D eigenvalue weighted by Gasteiger charge is -2.31. The van der Waals surface area contributed by atoms with Crippen LogP contribution in [0.15, 0.2) is 0 Å². The van der Waals surface area contributed by atoms with E-state index < -0.39 is 10.2 Å². The predicted octanol–water partition coefficient (Wildman–Crippen LogP) is 0.237. The molecule has 2 rings (SSSR count). The molecule has 1 heterocycles. The van der Waals surface area contributed by atoms with E-state index in [-0.39, 0.29) is 0 Å². The molecule has 2 N–H and O–H groups in total. The number of hydrogen-bond acceptors (Lipinski definition) is 4. The summed E-state index contributed by atoms with van der Waals surface area (Å²) >= 11 is 0. The average Bonchev–Trinajstić information content (AvgIpc) is 3.29. The SMILES string of the molecule is CCN(C)CCNS(=O)(=O)N1CCC(CNC2CC2)CC1. The van der Waals surface area contributed by atoms with Gasteiger partial charge in [0.15, 0.2) is 0 Å². The van der Waals surface area contributed by atoms with E-state index in [2.05, 4.69) is 21.9 Å². The first-order chi connectivity index (χ1) is 10.0. The van der Waals surface area contributed by atoms with Crippen LogP contribution in [0.5, 0.6) is 0 Å². The van der Waals surface area contributed by atoms with E-state index in [0.29, 0.717) is 25.6 Å². The zero-order chi connectivity index (χ0) is 15.3. The number of likely N-dealkylation sites (N-methyl/N-ethyl adjacent to an activating group) is 1. The van der Waals surface area contributed by atoms with E-state index in [1.807, 2.05) is 7.05 Å². The second kappa shape index (κ2) is 7.87. The van der Waals surface area contributed by atoms with Gasteiger partial charge in [-0.05, 0) is 51.7 Å². The van der Waals surface area contributed by atoms with E-state index >= 15 is 0 Å². The van der Waals surface area contributed by atoms with Crippen LogP contribution in [-0.4, -0.2) is 70.0 Å². The van der Waals surface area contributed by atoms with Crippen LogP contribution in [0, 0.1) is 5.92 Å². The smallest absolute Gasteiger partial charge is 0.279 e. The van der Waals surface area contributed by atoms with Crippen molar-refractivity contribution in [2.24, 2.45) is 5.92 Å². The van der Waals surface area contributed by atoms with Crippen molar-refractivity contribution in [3.05, 3.63) is 0 Å². The molecule has 1 saturated heterocycles. The maximum atomic E-state index is 12.2. The number of piperidine rings is 1. The molecule has 0 aromatic heterocycles. The summed E-state index contributed by atoms with van der Waals surface area (Å²) in [5.41, 5.74) is 0. The van der Waals surface area contributed by atoms with Gasteiger partial charge in [-0.1, -0.05) is 6.92 Å². The molecule has 0 aromatic carbocycles. The van der Waals surface area contributed by atoms with Crippen LogP contribution in [0.4, 0.5) is 0 Å². The molecule has 1 aliphatic heterocycles. The third-order valence-corrected chi connectivity index (χ3v) is 6.12. The Morgan fingerprint density at radius 1 is 1.19 bits per heavy atom. The van der Waals surface area contributed by atoms with Crippen molar-refractivity contribution < 1.29 is 8.42 Å². The summed E-state index contributed by atoms with van der Waals surface area (Å²) in [6.07, 6.45) is 4.55. The van der Waals surface area contributed by atoms with Gasteiger partial charge >= 0.3 is 0 Å². The molecule has 0 bridgehead atoms. The average molecular weight is 318 g/mol. The minimum atomic E-state index is -3.29. The Kier molecular flexibility index (Phi) is 6.43. The molecular formula is C14H30N4O2S. The number of nitrogens with one attached hydrogen (secondary N) is 2. The van der Waals surface area contributed by atoms with E-state index in [1.165, 1.54) is 12.8 Å². The van der Waals surface area contributed by atoms with Crippen LogP contribution < -0.4 is 10.0 Å². The number of nitrogens with zero attached hydrogens (tertiary/aromatic N) is 2. The van der Waals surface area contributed by atoms with Crippen LogP contribution in [0.1, 0.15) is 32.6 Å². The zero-order valence-corrected chi connectivity index (χ0v) is 14.2. The minimum absolute atomic E-state index is 0.482. The molecule has 1 aliphatic carbocycles. The highest BCUT2D eigenvalue weighted by atomic mass is 32.2. The largest absolute Gasteiger partial charge is 0.314 e. The monoisotopic (exact) mass is 318 g/mol. The molecule has 0 atom stereocenters. The van der Waals surface area contributed by atoms with Crippen LogP contribution in [-0.2, 0) is 10.2 Å². The summed E-state index contributed by atoms with van der Waals surface area (Å²) in [6, 6.07) is 0.740. The Balaban J connectivity index is 1.66. The highest BCUT2D eigenvalue weighted by Gasteiger charge is 2.29. The summed E-state index contributed by atoms with van der Waals surface area (Å²) < 4.78 is 28.8. The number of rotatable bonds is 9. The Labute approximate surface area is 129 Å². The molecule has 0 aromatic rings. The fourth-order valence-electron chi connectivity index (χ4n) is 2.59. The van der Waals surface area contributed by atoms with Crippen molar-refractivity contribution in [1.82, 2.24) is 19.2 Å². The van der Waals surface area contributed by atoms with Gasteiger partial charge in [-0.15, -0.1) is 0 Å². The lowest BCUT2D eigenvalue weighted by molar-refractivity contribution is 0.263. The van der Waals surface area contributed by atoms with Gasteiger partial charge in [-0.2, -0.15) is 12.7 Å². The first-order valence-electron chi connectivity index (χ1n) is 8.18. The molecule has 1 saturated carbocycles. The molecule has 2 fully saturated rings.